The Morgan fingerprint density at radius 2 is 1.56 bits per heavy atom. The smallest absolute Gasteiger partial charge is 0.0998 e. The molecule has 0 atom stereocenters. The van der Waals surface area contributed by atoms with Crippen LogP contribution in [0.5, 0.6) is 0 Å². The number of nitriles is 1. The third kappa shape index (κ3) is 3.16. The fourth-order valence-electron chi connectivity index (χ4n) is 3.60. The Bertz CT molecular complexity index is 1190. The molecule has 0 saturated heterocycles. The molecule has 0 aliphatic carbocycles. The largest absolute Gasteiger partial charge is 0.318 e. The van der Waals surface area contributed by atoms with Gasteiger partial charge < -0.3 is 4.57 Å². The van der Waals surface area contributed by atoms with E-state index in [1.807, 2.05) is 42.5 Å². The number of rotatable bonds is 3. The van der Waals surface area contributed by atoms with Crippen molar-refractivity contribution in [3.63, 3.8) is 0 Å². The van der Waals surface area contributed by atoms with E-state index in [-0.39, 0.29) is 0 Å². The van der Waals surface area contributed by atoms with Crippen LogP contribution in [0.15, 0.2) is 78.9 Å². The van der Waals surface area contributed by atoms with Crippen molar-refractivity contribution in [1.29, 1.82) is 5.26 Å². The van der Waals surface area contributed by atoms with Crippen LogP contribution >= 0.6 is 0 Å². The van der Waals surface area contributed by atoms with Crippen molar-refractivity contribution in [3.8, 4) is 11.8 Å². The third-order valence-electron chi connectivity index (χ3n) is 4.97. The Labute approximate surface area is 159 Å². The number of aryl methyl sites for hydroxylation is 1. The monoisotopic (exact) mass is 348 g/mol. The molecule has 1 aromatic heterocycles. The molecule has 0 aliphatic rings. The maximum atomic E-state index is 9.77. The van der Waals surface area contributed by atoms with Crippen LogP contribution in [-0.4, -0.2) is 4.57 Å². The molecule has 2 heteroatoms. The number of fused-ring (bicyclic) bond motifs is 1. The summed E-state index contributed by atoms with van der Waals surface area (Å²) < 4.78 is 2.22. The van der Waals surface area contributed by atoms with E-state index in [0.29, 0.717) is 5.57 Å². The summed E-state index contributed by atoms with van der Waals surface area (Å²) in [5.74, 6) is 0. The standard InChI is InChI=1S/C25H20N2/c1-18-14-23(19(2)27(18)25-10-4-3-5-11-25)16-24(17-26)22-13-12-20-8-6-7-9-21(20)15-22/h3-16H,1-2H3/b24-16+. The number of benzene rings is 3. The lowest BCUT2D eigenvalue weighted by atomic mass is 10.0. The molecule has 0 unspecified atom stereocenters. The molecule has 0 bridgehead atoms. The minimum absolute atomic E-state index is 0.675. The molecule has 4 aromatic rings. The fourth-order valence-corrected chi connectivity index (χ4v) is 3.60. The summed E-state index contributed by atoms with van der Waals surface area (Å²) in [6.07, 6.45) is 1.99. The van der Waals surface area contributed by atoms with Gasteiger partial charge in [-0.15, -0.1) is 0 Å². The van der Waals surface area contributed by atoms with Crippen LogP contribution in [0, 0.1) is 25.2 Å². The molecule has 2 nitrogen and oxygen atoms in total. The van der Waals surface area contributed by atoms with Gasteiger partial charge in [-0.25, -0.2) is 0 Å². The first kappa shape index (κ1) is 16.9. The normalized spacial score (nSPS) is 11.5. The van der Waals surface area contributed by atoms with Gasteiger partial charge >= 0.3 is 0 Å². The molecule has 130 valence electrons. The zero-order valence-electron chi connectivity index (χ0n) is 15.5. The van der Waals surface area contributed by atoms with E-state index >= 15 is 0 Å². The average Bonchev–Trinajstić information content (AvgIpc) is 2.99. The SMILES string of the molecule is Cc1cc(/C=C(\C#N)c2ccc3ccccc3c2)c(C)n1-c1ccccc1. The predicted molar refractivity (Wildman–Crippen MR) is 113 cm³/mol. The van der Waals surface area contributed by atoms with Crippen molar-refractivity contribution >= 4 is 22.4 Å². The summed E-state index contributed by atoms with van der Waals surface area (Å²) in [5, 5.41) is 12.1. The highest BCUT2D eigenvalue weighted by Crippen LogP contribution is 2.27. The van der Waals surface area contributed by atoms with Crippen LogP contribution in [0.1, 0.15) is 22.5 Å². The summed E-state index contributed by atoms with van der Waals surface area (Å²) in [7, 11) is 0. The third-order valence-corrected chi connectivity index (χ3v) is 4.97. The summed E-state index contributed by atoms with van der Waals surface area (Å²) in [4.78, 5) is 0. The van der Waals surface area contributed by atoms with Crippen molar-refractivity contribution in [2.24, 2.45) is 0 Å². The number of hydrogen-bond donors (Lipinski definition) is 0. The summed E-state index contributed by atoms with van der Waals surface area (Å²) in [5.41, 5.74) is 6.11. The van der Waals surface area contributed by atoms with Gasteiger partial charge in [0.15, 0.2) is 0 Å². The van der Waals surface area contributed by atoms with Crippen LogP contribution in [-0.2, 0) is 0 Å². The Kier molecular flexibility index (Phi) is 4.36. The van der Waals surface area contributed by atoms with E-state index in [4.69, 9.17) is 0 Å². The highest BCUT2D eigenvalue weighted by atomic mass is 15.0. The molecule has 0 saturated carbocycles. The highest BCUT2D eigenvalue weighted by molar-refractivity contribution is 5.94. The van der Waals surface area contributed by atoms with Gasteiger partial charge in [-0.3, -0.25) is 0 Å². The zero-order valence-corrected chi connectivity index (χ0v) is 15.5. The van der Waals surface area contributed by atoms with Gasteiger partial charge in [-0.2, -0.15) is 5.26 Å². The van der Waals surface area contributed by atoms with Crippen LogP contribution in [0.25, 0.3) is 28.1 Å². The molecule has 4 rings (SSSR count). The molecule has 1 heterocycles. The number of aromatic nitrogens is 1. The molecular formula is C25H20N2. The van der Waals surface area contributed by atoms with Crippen LogP contribution < -0.4 is 0 Å². The van der Waals surface area contributed by atoms with Gasteiger partial charge in [-0.1, -0.05) is 54.6 Å². The molecular weight excluding hydrogens is 328 g/mol. The lowest BCUT2D eigenvalue weighted by molar-refractivity contribution is 0.964. The average molecular weight is 348 g/mol. The Hall–Kier alpha value is -3.57. The molecule has 3 aromatic carbocycles. The number of hydrogen-bond acceptors (Lipinski definition) is 1. The lowest BCUT2D eigenvalue weighted by Gasteiger charge is -2.09. The van der Waals surface area contributed by atoms with Crippen molar-refractivity contribution in [2.45, 2.75) is 13.8 Å². The van der Waals surface area contributed by atoms with E-state index in [0.717, 1.165) is 33.6 Å². The Balaban J connectivity index is 1.80. The summed E-state index contributed by atoms with van der Waals surface area (Å²) in [6.45, 7) is 4.20. The molecule has 0 radical (unpaired) electrons. The van der Waals surface area contributed by atoms with E-state index in [9.17, 15) is 5.26 Å². The van der Waals surface area contributed by atoms with E-state index < -0.39 is 0 Å². The molecule has 27 heavy (non-hydrogen) atoms. The highest BCUT2D eigenvalue weighted by Gasteiger charge is 2.11. The van der Waals surface area contributed by atoms with Crippen LogP contribution in [0.2, 0.25) is 0 Å². The lowest BCUT2D eigenvalue weighted by Crippen LogP contribution is -1.98. The molecule has 0 amide bonds. The number of allylic oxidation sites excluding steroid dienone is 1. The molecule has 0 spiro atoms. The predicted octanol–water partition coefficient (Wildman–Crippen LogP) is 6.31. The first-order valence-corrected chi connectivity index (χ1v) is 9.03. The quantitative estimate of drug-likeness (QED) is 0.399. The number of nitrogens with zero attached hydrogens (tertiary/aromatic N) is 2. The van der Waals surface area contributed by atoms with Gasteiger partial charge in [0, 0.05) is 17.1 Å². The minimum Gasteiger partial charge on any atom is -0.318 e. The summed E-state index contributed by atoms with van der Waals surface area (Å²) in [6, 6.07) is 29.2. The molecule has 0 fully saturated rings. The van der Waals surface area contributed by atoms with Crippen molar-refractivity contribution in [2.75, 3.05) is 0 Å². The second-order valence-corrected chi connectivity index (χ2v) is 6.73. The van der Waals surface area contributed by atoms with Crippen molar-refractivity contribution in [3.05, 3.63) is 101 Å². The Morgan fingerprint density at radius 3 is 2.30 bits per heavy atom. The zero-order chi connectivity index (χ0) is 18.8. The van der Waals surface area contributed by atoms with Crippen molar-refractivity contribution < 1.29 is 0 Å². The van der Waals surface area contributed by atoms with Gasteiger partial charge in [0.1, 0.15) is 0 Å². The summed E-state index contributed by atoms with van der Waals surface area (Å²) >= 11 is 0. The fraction of sp³-hybridized carbons (Fsp3) is 0.0800. The van der Waals surface area contributed by atoms with Gasteiger partial charge in [0.25, 0.3) is 0 Å². The second kappa shape index (κ2) is 6.97. The number of para-hydroxylation sites is 1. The van der Waals surface area contributed by atoms with Gasteiger partial charge in [0.05, 0.1) is 11.6 Å². The first-order chi connectivity index (χ1) is 13.2. The van der Waals surface area contributed by atoms with Gasteiger partial charge in [-0.05, 0) is 66.1 Å². The van der Waals surface area contributed by atoms with Gasteiger partial charge in [0.2, 0.25) is 0 Å². The maximum absolute atomic E-state index is 9.77. The van der Waals surface area contributed by atoms with E-state index in [1.165, 1.54) is 5.39 Å². The van der Waals surface area contributed by atoms with E-state index in [2.05, 4.69) is 66.9 Å². The van der Waals surface area contributed by atoms with Crippen molar-refractivity contribution in [1.82, 2.24) is 4.57 Å². The van der Waals surface area contributed by atoms with Crippen LogP contribution in [0.4, 0.5) is 0 Å². The second-order valence-electron chi connectivity index (χ2n) is 6.73. The maximum Gasteiger partial charge on any atom is 0.0998 e. The minimum atomic E-state index is 0.675. The van der Waals surface area contributed by atoms with Crippen LogP contribution in [0.3, 0.4) is 0 Å². The first-order valence-electron chi connectivity index (χ1n) is 9.03. The Morgan fingerprint density at radius 1 is 0.852 bits per heavy atom. The molecule has 0 N–H and O–H groups in total. The van der Waals surface area contributed by atoms with E-state index in [1.54, 1.807) is 0 Å². The topological polar surface area (TPSA) is 28.7 Å². The molecule has 0 aliphatic heterocycles.